The summed E-state index contributed by atoms with van der Waals surface area (Å²) < 4.78 is 14.0. The minimum Gasteiger partial charge on any atom is -0.478 e. The quantitative estimate of drug-likeness (QED) is 0.485. The molecule has 0 aromatic heterocycles. The highest BCUT2D eigenvalue weighted by Crippen LogP contribution is 2.43. The molecule has 1 aliphatic rings. The van der Waals surface area contributed by atoms with Gasteiger partial charge in [-0.05, 0) is 66.8 Å². The summed E-state index contributed by atoms with van der Waals surface area (Å²) in [7, 11) is 0. The molecule has 1 aliphatic carbocycles. The second kappa shape index (κ2) is 9.01. The number of benzene rings is 2. The Bertz CT molecular complexity index is 1150. The normalized spacial score (nSPS) is 15.6. The van der Waals surface area contributed by atoms with Crippen LogP contribution in [0.5, 0.6) is 0 Å². The molecule has 0 bridgehead atoms. The van der Waals surface area contributed by atoms with Crippen LogP contribution in [0.3, 0.4) is 0 Å². The second-order valence-corrected chi connectivity index (χ2v) is 8.99. The Balaban J connectivity index is 1.99. The average Bonchev–Trinajstić information content (AvgIpc) is 2.72. The number of rotatable bonds is 6. The number of carboxylic acids is 3. The molecule has 1 fully saturated rings. The third-order valence-electron chi connectivity index (χ3n) is 6.15. The fourth-order valence-electron chi connectivity index (χ4n) is 4.13. The van der Waals surface area contributed by atoms with E-state index in [9.17, 15) is 33.8 Å². The van der Waals surface area contributed by atoms with Crippen LogP contribution < -0.4 is 5.32 Å². The van der Waals surface area contributed by atoms with Crippen molar-refractivity contribution in [1.29, 1.82) is 0 Å². The SMILES string of the molecule is CC1(C)CCC(c2ccc(C(=O)O)c(NC(=O)c3cc(C(=O)O)c(F)cc3C(=O)O)c2)CC1. The van der Waals surface area contributed by atoms with Gasteiger partial charge >= 0.3 is 17.9 Å². The van der Waals surface area contributed by atoms with Crippen molar-refractivity contribution < 1.29 is 38.9 Å². The van der Waals surface area contributed by atoms with Gasteiger partial charge in [-0.3, -0.25) is 4.79 Å². The van der Waals surface area contributed by atoms with E-state index in [1.165, 1.54) is 6.07 Å². The maximum absolute atomic E-state index is 14.0. The lowest BCUT2D eigenvalue weighted by atomic mass is 9.71. The number of amides is 1. The van der Waals surface area contributed by atoms with Crippen molar-refractivity contribution in [2.45, 2.75) is 45.4 Å². The van der Waals surface area contributed by atoms with E-state index in [-0.39, 0.29) is 22.6 Å². The minimum atomic E-state index is -1.67. The maximum Gasteiger partial charge on any atom is 0.338 e. The third-order valence-corrected chi connectivity index (χ3v) is 6.15. The van der Waals surface area contributed by atoms with Crippen molar-refractivity contribution in [3.05, 3.63) is 64.0 Å². The molecule has 2 aromatic carbocycles. The summed E-state index contributed by atoms with van der Waals surface area (Å²) in [4.78, 5) is 47.4. The Morgan fingerprint density at radius 3 is 1.97 bits per heavy atom. The van der Waals surface area contributed by atoms with E-state index >= 15 is 0 Å². The van der Waals surface area contributed by atoms with Crippen LogP contribution >= 0.6 is 0 Å². The molecule has 1 amide bonds. The lowest BCUT2D eigenvalue weighted by Crippen LogP contribution is -2.21. The molecule has 9 heteroatoms. The van der Waals surface area contributed by atoms with Gasteiger partial charge in [0.1, 0.15) is 5.82 Å². The molecule has 0 aliphatic heterocycles. The van der Waals surface area contributed by atoms with Gasteiger partial charge in [0.15, 0.2) is 0 Å². The summed E-state index contributed by atoms with van der Waals surface area (Å²) in [5.74, 6) is -6.79. The van der Waals surface area contributed by atoms with E-state index in [0.717, 1.165) is 31.2 Å². The Kier molecular flexibility index (Phi) is 6.53. The van der Waals surface area contributed by atoms with E-state index in [4.69, 9.17) is 5.11 Å². The minimum absolute atomic E-state index is 0.0487. The first-order chi connectivity index (χ1) is 15.4. The highest BCUT2D eigenvalue weighted by Gasteiger charge is 2.29. The summed E-state index contributed by atoms with van der Waals surface area (Å²) in [6, 6.07) is 5.71. The molecular weight excluding hydrogens is 433 g/mol. The summed E-state index contributed by atoms with van der Waals surface area (Å²) in [6.07, 6.45) is 3.79. The molecule has 0 spiro atoms. The van der Waals surface area contributed by atoms with E-state index in [0.29, 0.717) is 12.1 Å². The van der Waals surface area contributed by atoms with Crippen molar-refractivity contribution >= 4 is 29.5 Å². The van der Waals surface area contributed by atoms with E-state index in [1.807, 2.05) is 0 Å². The zero-order chi connectivity index (χ0) is 24.5. The number of hydrogen-bond acceptors (Lipinski definition) is 4. The first kappa shape index (κ1) is 23.9. The summed E-state index contributed by atoms with van der Waals surface area (Å²) in [5.41, 5.74) is -1.39. The van der Waals surface area contributed by atoms with Gasteiger partial charge in [0, 0.05) is 0 Å². The molecule has 0 radical (unpaired) electrons. The summed E-state index contributed by atoms with van der Waals surface area (Å²) in [5, 5.41) is 30.4. The topological polar surface area (TPSA) is 141 Å². The molecular formula is C24H24FNO7. The number of carbonyl (C=O) groups excluding carboxylic acids is 1. The fourth-order valence-corrected chi connectivity index (χ4v) is 4.13. The molecule has 4 N–H and O–H groups in total. The van der Waals surface area contributed by atoms with Crippen molar-refractivity contribution in [3.8, 4) is 0 Å². The molecule has 174 valence electrons. The van der Waals surface area contributed by atoms with Gasteiger partial charge in [-0.25, -0.2) is 18.8 Å². The van der Waals surface area contributed by atoms with Crippen molar-refractivity contribution in [3.63, 3.8) is 0 Å². The largest absolute Gasteiger partial charge is 0.478 e. The number of nitrogens with one attached hydrogen (secondary N) is 1. The zero-order valence-corrected chi connectivity index (χ0v) is 18.1. The van der Waals surface area contributed by atoms with Crippen LogP contribution in [0.15, 0.2) is 30.3 Å². The lowest BCUT2D eigenvalue weighted by Gasteiger charge is -2.34. The Morgan fingerprint density at radius 1 is 0.848 bits per heavy atom. The molecule has 0 saturated heterocycles. The molecule has 0 unspecified atom stereocenters. The Hall–Kier alpha value is -3.75. The molecule has 33 heavy (non-hydrogen) atoms. The highest BCUT2D eigenvalue weighted by molar-refractivity contribution is 6.13. The van der Waals surface area contributed by atoms with Crippen LogP contribution in [0, 0.1) is 11.2 Å². The molecule has 8 nitrogen and oxygen atoms in total. The summed E-state index contributed by atoms with van der Waals surface area (Å²) in [6.45, 7) is 4.38. The fraction of sp³-hybridized carbons (Fsp3) is 0.333. The van der Waals surface area contributed by atoms with Crippen LogP contribution in [0.2, 0.25) is 0 Å². The predicted molar refractivity (Wildman–Crippen MR) is 117 cm³/mol. The first-order valence-corrected chi connectivity index (χ1v) is 10.4. The molecule has 3 rings (SSSR count). The van der Waals surface area contributed by atoms with Gasteiger partial charge in [0.05, 0.1) is 27.9 Å². The monoisotopic (exact) mass is 457 g/mol. The number of carboxylic acid groups (broad SMARTS) is 3. The number of anilines is 1. The Morgan fingerprint density at radius 2 is 1.42 bits per heavy atom. The van der Waals surface area contributed by atoms with Crippen LogP contribution in [0.4, 0.5) is 10.1 Å². The van der Waals surface area contributed by atoms with Gasteiger partial charge < -0.3 is 20.6 Å². The van der Waals surface area contributed by atoms with Gasteiger partial charge in [-0.2, -0.15) is 0 Å². The lowest BCUT2D eigenvalue weighted by molar-refractivity contribution is 0.0674. The molecule has 1 saturated carbocycles. The van der Waals surface area contributed by atoms with Crippen molar-refractivity contribution in [1.82, 2.24) is 0 Å². The van der Waals surface area contributed by atoms with Crippen LogP contribution in [-0.2, 0) is 0 Å². The first-order valence-electron chi connectivity index (χ1n) is 10.4. The number of halogens is 1. The summed E-state index contributed by atoms with van der Waals surface area (Å²) >= 11 is 0. The van der Waals surface area contributed by atoms with E-state index in [2.05, 4.69) is 19.2 Å². The molecule has 0 heterocycles. The van der Waals surface area contributed by atoms with E-state index < -0.39 is 46.3 Å². The maximum atomic E-state index is 14.0. The van der Waals surface area contributed by atoms with Gasteiger partial charge in [-0.1, -0.05) is 19.9 Å². The van der Waals surface area contributed by atoms with Gasteiger partial charge in [-0.15, -0.1) is 0 Å². The van der Waals surface area contributed by atoms with Crippen LogP contribution in [0.25, 0.3) is 0 Å². The Labute approximate surface area is 189 Å². The second-order valence-electron chi connectivity index (χ2n) is 8.99. The average molecular weight is 457 g/mol. The number of aromatic carboxylic acids is 3. The third kappa shape index (κ3) is 5.19. The van der Waals surface area contributed by atoms with Gasteiger partial charge in [0.25, 0.3) is 5.91 Å². The molecule has 0 atom stereocenters. The van der Waals surface area contributed by atoms with Crippen molar-refractivity contribution in [2.24, 2.45) is 5.41 Å². The molecule has 2 aromatic rings. The standard InChI is InChI=1S/C24H24FNO7/c1-24(2)7-5-12(6-8-24)13-3-4-14(21(28)29)19(9-13)26-20(27)15-10-17(23(32)33)18(25)11-16(15)22(30)31/h3-4,9-12H,5-8H2,1-2H3,(H,26,27)(H,28,29)(H,30,31)(H,32,33). The van der Waals surface area contributed by atoms with Crippen LogP contribution in [-0.4, -0.2) is 39.1 Å². The number of hydrogen-bond donors (Lipinski definition) is 4. The predicted octanol–water partition coefficient (Wildman–Crippen LogP) is 4.86. The smallest absolute Gasteiger partial charge is 0.338 e. The zero-order valence-electron chi connectivity index (χ0n) is 18.1. The van der Waals surface area contributed by atoms with Crippen molar-refractivity contribution in [2.75, 3.05) is 5.32 Å². The van der Waals surface area contributed by atoms with Crippen LogP contribution in [0.1, 0.15) is 92.4 Å². The highest BCUT2D eigenvalue weighted by atomic mass is 19.1. The number of carbonyl (C=O) groups is 4. The van der Waals surface area contributed by atoms with E-state index in [1.54, 1.807) is 12.1 Å². The van der Waals surface area contributed by atoms with Gasteiger partial charge in [0.2, 0.25) is 0 Å².